The fraction of sp³-hybridized carbons (Fsp3) is 0.483. The number of carboxylic acid groups (broad SMARTS) is 1. The minimum Gasteiger partial charge on any atom is -0.478 e. The first-order chi connectivity index (χ1) is 16.0. The first kappa shape index (κ1) is 24.5. The topological polar surface area (TPSA) is 64.0 Å². The van der Waals surface area contributed by atoms with Gasteiger partial charge in [0.2, 0.25) is 0 Å². The molecular formula is C29H38N2O3. The highest BCUT2D eigenvalue weighted by Gasteiger charge is 2.40. The zero-order chi connectivity index (χ0) is 24.7. The van der Waals surface area contributed by atoms with Crippen molar-refractivity contribution in [1.82, 2.24) is 4.90 Å². The maximum Gasteiger partial charge on any atom is 0.335 e. The number of anilines is 1. The number of hydrogen-bond acceptors (Lipinski definition) is 4. The summed E-state index contributed by atoms with van der Waals surface area (Å²) in [7, 11) is 2.17. The summed E-state index contributed by atoms with van der Waals surface area (Å²) in [5, 5.41) is 20.3. The van der Waals surface area contributed by atoms with E-state index in [1.165, 1.54) is 16.8 Å². The Bertz CT molecular complexity index is 1080. The number of aliphatic hydroxyl groups excluding tert-OH is 1. The number of benzene rings is 2. The molecule has 1 aliphatic heterocycles. The molecule has 0 bridgehead atoms. The SMILES string of the molecule is CN1CCN(c2cc(C(O)C=Cc3ccc(C(=O)O)cc3)cc3c2C(C)(C)CCC3(C)C)CC1. The van der Waals surface area contributed by atoms with Crippen molar-refractivity contribution in [1.29, 1.82) is 0 Å². The van der Waals surface area contributed by atoms with Crippen molar-refractivity contribution in [3.05, 3.63) is 70.3 Å². The van der Waals surface area contributed by atoms with Crippen LogP contribution in [0.3, 0.4) is 0 Å². The van der Waals surface area contributed by atoms with Crippen LogP contribution in [0.5, 0.6) is 0 Å². The van der Waals surface area contributed by atoms with Crippen LogP contribution in [0.15, 0.2) is 42.5 Å². The van der Waals surface area contributed by atoms with E-state index in [4.69, 9.17) is 5.11 Å². The molecule has 1 heterocycles. The van der Waals surface area contributed by atoms with Crippen molar-refractivity contribution in [2.24, 2.45) is 0 Å². The summed E-state index contributed by atoms with van der Waals surface area (Å²) >= 11 is 0. The predicted octanol–water partition coefficient (Wildman–Crippen LogP) is 5.23. The molecule has 5 nitrogen and oxygen atoms in total. The Morgan fingerprint density at radius 2 is 1.59 bits per heavy atom. The number of rotatable bonds is 5. The standard InChI is InChI=1S/C29H38N2O3/c1-28(2)12-13-29(3,4)26-23(28)18-22(19-24(26)31-16-14-30(5)15-17-31)25(32)11-8-20-6-9-21(10-7-20)27(33)34/h6-11,18-19,25,32H,12-17H2,1-5H3,(H,33,34). The molecule has 4 rings (SSSR count). The van der Waals surface area contributed by atoms with Crippen molar-refractivity contribution in [3.63, 3.8) is 0 Å². The highest BCUT2D eigenvalue weighted by Crippen LogP contribution is 2.50. The lowest BCUT2D eigenvalue weighted by Gasteiger charge is -2.46. The lowest BCUT2D eigenvalue weighted by molar-refractivity contribution is 0.0697. The minimum absolute atomic E-state index is 0.0539. The van der Waals surface area contributed by atoms with Crippen molar-refractivity contribution in [2.45, 2.75) is 57.5 Å². The van der Waals surface area contributed by atoms with E-state index in [-0.39, 0.29) is 16.4 Å². The van der Waals surface area contributed by atoms with Gasteiger partial charge < -0.3 is 20.0 Å². The highest BCUT2D eigenvalue weighted by molar-refractivity contribution is 5.87. The van der Waals surface area contributed by atoms with Crippen molar-refractivity contribution in [2.75, 3.05) is 38.1 Å². The number of piperazine rings is 1. The highest BCUT2D eigenvalue weighted by atomic mass is 16.4. The van der Waals surface area contributed by atoms with E-state index in [1.807, 2.05) is 6.08 Å². The van der Waals surface area contributed by atoms with Crippen LogP contribution >= 0.6 is 0 Å². The van der Waals surface area contributed by atoms with Gasteiger partial charge in [0.15, 0.2) is 0 Å². The summed E-state index contributed by atoms with van der Waals surface area (Å²) in [5.74, 6) is -0.938. The molecule has 0 spiro atoms. The molecule has 1 unspecified atom stereocenters. The quantitative estimate of drug-likeness (QED) is 0.637. The van der Waals surface area contributed by atoms with Crippen LogP contribution in [-0.4, -0.2) is 54.3 Å². The molecule has 182 valence electrons. The van der Waals surface area contributed by atoms with E-state index in [2.05, 4.69) is 56.7 Å². The molecule has 1 fully saturated rings. The Labute approximate surface area is 203 Å². The summed E-state index contributed by atoms with van der Waals surface area (Å²) in [6.45, 7) is 13.4. The summed E-state index contributed by atoms with van der Waals surface area (Å²) in [5.41, 5.74) is 6.25. The van der Waals surface area contributed by atoms with Gasteiger partial charge in [-0.15, -0.1) is 0 Å². The molecule has 0 radical (unpaired) electrons. The fourth-order valence-electron chi connectivity index (χ4n) is 5.30. The Morgan fingerprint density at radius 3 is 2.21 bits per heavy atom. The summed E-state index contributed by atoms with van der Waals surface area (Å²) in [4.78, 5) is 16.0. The van der Waals surface area contributed by atoms with E-state index in [1.54, 1.807) is 30.3 Å². The van der Waals surface area contributed by atoms with Crippen LogP contribution < -0.4 is 4.90 Å². The third-order valence-corrected chi connectivity index (χ3v) is 7.73. The third kappa shape index (κ3) is 4.91. The van der Waals surface area contributed by atoms with Crippen LogP contribution in [-0.2, 0) is 10.8 Å². The summed E-state index contributed by atoms with van der Waals surface area (Å²) in [6, 6.07) is 11.1. The van der Waals surface area contributed by atoms with Crippen molar-refractivity contribution in [3.8, 4) is 0 Å². The number of likely N-dealkylation sites (N-methyl/N-ethyl adjacent to an activating group) is 1. The molecule has 5 heteroatoms. The average Bonchev–Trinajstić information content (AvgIpc) is 2.80. The molecule has 0 saturated carbocycles. The van der Waals surface area contributed by atoms with Gasteiger partial charge in [-0.2, -0.15) is 0 Å². The third-order valence-electron chi connectivity index (χ3n) is 7.73. The first-order valence-electron chi connectivity index (χ1n) is 12.3. The predicted molar refractivity (Wildman–Crippen MR) is 139 cm³/mol. The monoisotopic (exact) mass is 462 g/mol. The Morgan fingerprint density at radius 1 is 0.971 bits per heavy atom. The van der Waals surface area contributed by atoms with E-state index in [9.17, 15) is 9.90 Å². The Kier molecular flexibility index (Phi) is 6.63. The van der Waals surface area contributed by atoms with Gasteiger partial charge in [0, 0.05) is 31.9 Å². The van der Waals surface area contributed by atoms with Crippen LogP contribution in [0.4, 0.5) is 5.69 Å². The summed E-state index contributed by atoms with van der Waals surface area (Å²) in [6.07, 6.45) is 5.20. The van der Waals surface area contributed by atoms with E-state index in [0.717, 1.165) is 50.1 Å². The number of carbonyl (C=O) groups is 1. The fourth-order valence-corrected chi connectivity index (χ4v) is 5.30. The maximum atomic E-state index is 11.2. The molecule has 2 aliphatic rings. The number of hydrogen-bond donors (Lipinski definition) is 2. The van der Waals surface area contributed by atoms with Gasteiger partial charge in [0.1, 0.15) is 0 Å². The first-order valence-corrected chi connectivity index (χ1v) is 12.3. The molecule has 1 atom stereocenters. The lowest BCUT2D eigenvalue weighted by Crippen LogP contribution is -2.46. The molecule has 34 heavy (non-hydrogen) atoms. The molecule has 2 aromatic rings. The van der Waals surface area contributed by atoms with Gasteiger partial charge in [0.25, 0.3) is 0 Å². The smallest absolute Gasteiger partial charge is 0.335 e. The number of nitrogens with zero attached hydrogens (tertiary/aromatic N) is 2. The Hall–Kier alpha value is -2.63. The Balaban J connectivity index is 1.72. The normalized spacial score (nSPS) is 20.8. The molecular weight excluding hydrogens is 424 g/mol. The second-order valence-electron chi connectivity index (χ2n) is 11.3. The second-order valence-corrected chi connectivity index (χ2v) is 11.3. The molecule has 0 aromatic heterocycles. The van der Waals surface area contributed by atoms with E-state index >= 15 is 0 Å². The molecule has 0 amide bonds. The molecule has 2 aromatic carbocycles. The van der Waals surface area contributed by atoms with Crippen molar-refractivity contribution < 1.29 is 15.0 Å². The molecule has 1 aliphatic carbocycles. The van der Waals surface area contributed by atoms with Gasteiger partial charge >= 0.3 is 5.97 Å². The van der Waals surface area contributed by atoms with Crippen LogP contribution in [0.25, 0.3) is 6.08 Å². The summed E-state index contributed by atoms with van der Waals surface area (Å²) < 4.78 is 0. The zero-order valence-electron chi connectivity index (χ0n) is 21.1. The minimum atomic E-state index is -0.938. The largest absolute Gasteiger partial charge is 0.478 e. The second kappa shape index (κ2) is 9.20. The number of carboxylic acids is 1. The number of aromatic carboxylic acids is 1. The maximum absolute atomic E-state index is 11.2. The molecule has 2 N–H and O–H groups in total. The lowest BCUT2D eigenvalue weighted by atomic mass is 9.62. The number of aliphatic hydroxyl groups is 1. The van der Waals surface area contributed by atoms with Crippen LogP contribution in [0.1, 0.15) is 79.3 Å². The van der Waals surface area contributed by atoms with Crippen molar-refractivity contribution >= 4 is 17.7 Å². The van der Waals surface area contributed by atoms with Crippen LogP contribution in [0.2, 0.25) is 0 Å². The zero-order valence-corrected chi connectivity index (χ0v) is 21.1. The van der Waals surface area contributed by atoms with E-state index < -0.39 is 12.1 Å². The van der Waals surface area contributed by atoms with Gasteiger partial charge in [-0.1, -0.05) is 58.0 Å². The van der Waals surface area contributed by atoms with Gasteiger partial charge in [-0.25, -0.2) is 4.79 Å². The van der Waals surface area contributed by atoms with Gasteiger partial charge in [0.05, 0.1) is 11.7 Å². The molecule has 1 saturated heterocycles. The van der Waals surface area contributed by atoms with Gasteiger partial charge in [-0.05, 0) is 71.2 Å². The van der Waals surface area contributed by atoms with Crippen LogP contribution in [0, 0.1) is 0 Å². The number of fused-ring (bicyclic) bond motifs is 1. The van der Waals surface area contributed by atoms with Gasteiger partial charge in [-0.3, -0.25) is 0 Å². The average molecular weight is 463 g/mol. The van der Waals surface area contributed by atoms with E-state index in [0.29, 0.717) is 0 Å².